The summed E-state index contributed by atoms with van der Waals surface area (Å²) in [6.45, 7) is 0. The third kappa shape index (κ3) is 1.91. The molecule has 0 saturated carbocycles. The zero-order chi connectivity index (χ0) is 12.7. The van der Waals surface area contributed by atoms with E-state index in [0.29, 0.717) is 0 Å². The maximum Gasteiger partial charge on any atom is 0.153 e. The molecule has 3 rings (SSSR count). The van der Waals surface area contributed by atoms with E-state index in [1.165, 1.54) is 14.3 Å². The lowest BCUT2D eigenvalue weighted by Crippen LogP contribution is -2.20. The molecule has 0 aliphatic rings. The summed E-state index contributed by atoms with van der Waals surface area (Å²) < 4.78 is 5.27. The van der Waals surface area contributed by atoms with Crippen molar-refractivity contribution in [3.63, 3.8) is 0 Å². The molecule has 3 heterocycles. The van der Waals surface area contributed by atoms with E-state index in [1.807, 2.05) is 25.4 Å². The van der Waals surface area contributed by atoms with E-state index in [0.717, 1.165) is 10.3 Å². The van der Waals surface area contributed by atoms with Gasteiger partial charge in [0.15, 0.2) is 4.60 Å². The van der Waals surface area contributed by atoms with E-state index < -0.39 is 0 Å². The fourth-order valence-corrected chi connectivity index (χ4v) is 4.78. The highest BCUT2D eigenvalue weighted by Gasteiger charge is 2.22. The Hall–Kier alpha value is -0.760. The maximum absolute atomic E-state index is 4.05. The number of aryl methyl sites for hydroxylation is 1. The van der Waals surface area contributed by atoms with Crippen LogP contribution in [0.25, 0.3) is 9.40 Å². The van der Waals surface area contributed by atoms with Gasteiger partial charge in [-0.1, -0.05) is 5.21 Å². The second-order valence-corrected chi connectivity index (χ2v) is 6.72. The summed E-state index contributed by atoms with van der Waals surface area (Å²) in [6.07, 6.45) is 0. The molecule has 18 heavy (non-hydrogen) atoms. The van der Waals surface area contributed by atoms with E-state index in [-0.39, 0.29) is 6.04 Å². The first-order valence-electron chi connectivity index (χ1n) is 5.40. The van der Waals surface area contributed by atoms with Crippen LogP contribution >= 0.6 is 38.6 Å². The Morgan fingerprint density at radius 3 is 2.89 bits per heavy atom. The van der Waals surface area contributed by atoms with Crippen LogP contribution in [0, 0.1) is 0 Å². The molecule has 0 amide bonds. The normalized spacial score (nSPS) is 13.3. The van der Waals surface area contributed by atoms with Crippen molar-refractivity contribution in [3.05, 3.63) is 32.7 Å². The summed E-state index contributed by atoms with van der Waals surface area (Å²) in [6, 6.07) is 4.52. The quantitative estimate of drug-likeness (QED) is 0.794. The molecule has 0 bridgehead atoms. The minimum absolute atomic E-state index is 0.115. The number of hydrogen-bond donors (Lipinski definition) is 1. The SMILES string of the molecule is CNC(c1cc2sccc2s1)c1c(Br)nnn1C. The third-order valence-corrected chi connectivity index (χ3v) is 5.55. The predicted octanol–water partition coefficient (Wildman–Crippen LogP) is 3.16. The van der Waals surface area contributed by atoms with Gasteiger partial charge in [0.05, 0.1) is 11.7 Å². The van der Waals surface area contributed by atoms with E-state index in [9.17, 15) is 0 Å². The Morgan fingerprint density at radius 1 is 1.44 bits per heavy atom. The van der Waals surface area contributed by atoms with Gasteiger partial charge >= 0.3 is 0 Å². The van der Waals surface area contributed by atoms with Crippen molar-refractivity contribution < 1.29 is 0 Å². The van der Waals surface area contributed by atoms with Crippen molar-refractivity contribution >= 4 is 48.0 Å². The standard InChI is InChI=1S/C11H11BrN4S2/c1-13-9(10-11(12)14-15-16(10)2)8-5-7-6(18-8)3-4-17-7/h3-5,9,13H,1-2H3. The fraction of sp³-hybridized carbons (Fsp3) is 0.273. The second kappa shape index (κ2) is 4.73. The molecule has 7 heteroatoms. The molecule has 3 aromatic rings. The molecule has 0 radical (unpaired) electrons. The first-order chi connectivity index (χ1) is 8.70. The molecular formula is C11H11BrN4S2. The van der Waals surface area contributed by atoms with Crippen molar-refractivity contribution in [2.24, 2.45) is 7.05 Å². The highest BCUT2D eigenvalue weighted by molar-refractivity contribution is 9.10. The molecule has 3 aromatic heterocycles. The van der Waals surface area contributed by atoms with E-state index >= 15 is 0 Å². The minimum Gasteiger partial charge on any atom is -0.307 e. The molecule has 94 valence electrons. The van der Waals surface area contributed by atoms with Crippen molar-refractivity contribution in [2.45, 2.75) is 6.04 Å². The van der Waals surface area contributed by atoms with Gasteiger partial charge in [0, 0.05) is 21.3 Å². The molecule has 0 aliphatic carbocycles. The number of rotatable bonds is 3. The summed E-state index contributed by atoms with van der Waals surface area (Å²) in [5, 5.41) is 13.6. The average Bonchev–Trinajstić information content (AvgIpc) is 2.99. The highest BCUT2D eigenvalue weighted by atomic mass is 79.9. The number of nitrogens with zero attached hydrogens (tertiary/aromatic N) is 3. The van der Waals surface area contributed by atoms with Crippen molar-refractivity contribution in [1.82, 2.24) is 20.3 Å². The zero-order valence-corrected chi connectivity index (χ0v) is 13.1. The van der Waals surface area contributed by atoms with Crippen LogP contribution in [0.2, 0.25) is 0 Å². The Kier molecular flexibility index (Phi) is 3.23. The van der Waals surface area contributed by atoms with Gasteiger partial charge in [0.25, 0.3) is 0 Å². The molecule has 1 atom stereocenters. The number of thiophene rings is 2. The van der Waals surface area contributed by atoms with Crippen LogP contribution in [-0.4, -0.2) is 22.0 Å². The van der Waals surface area contributed by atoms with E-state index in [4.69, 9.17) is 0 Å². The Labute approximate surface area is 121 Å². The molecule has 1 unspecified atom stereocenters. The summed E-state index contributed by atoms with van der Waals surface area (Å²) >= 11 is 7.05. The molecule has 0 saturated heterocycles. The Balaban J connectivity index is 2.10. The smallest absolute Gasteiger partial charge is 0.153 e. The topological polar surface area (TPSA) is 42.7 Å². The number of fused-ring (bicyclic) bond motifs is 1. The van der Waals surface area contributed by atoms with Gasteiger partial charge in [-0.15, -0.1) is 27.8 Å². The molecule has 0 fully saturated rings. The van der Waals surface area contributed by atoms with Crippen LogP contribution in [0.5, 0.6) is 0 Å². The highest BCUT2D eigenvalue weighted by Crippen LogP contribution is 2.36. The molecule has 0 aliphatic heterocycles. The van der Waals surface area contributed by atoms with Gasteiger partial charge in [-0.3, -0.25) is 0 Å². The number of aromatic nitrogens is 3. The van der Waals surface area contributed by atoms with Crippen LogP contribution in [0.15, 0.2) is 22.1 Å². The summed E-state index contributed by atoms with van der Waals surface area (Å²) in [5.74, 6) is 0. The lowest BCUT2D eigenvalue weighted by molar-refractivity contribution is 0.603. The summed E-state index contributed by atoms with van der Waals surface area (Å²) in [7, 11) is 3.87. The van der Waals surface area contributed by atoms with Crippen LogP contribution < -0.4 is 5.32 Å². The lowest BCUT2D eigenvalue weighted by atomic mass is 10.2. The Bertz CT molecular complexity index is 636. The van der Waals surface area contributed by atoms with Crippen molar-refractivity contribution in [2.75, 3.05) is 7.05 Å². The Morgan fingerprint density at radius 2 is 2.28 bits per heavy atom. The molecular weight excluding hydrogens is 332 g/mol. The average molecular weight is 343 g/mol. The van der Waals surface area contributed by atoms with Gasteiger partial charge in [-0.25, -0.2) is 4.68 Å². The van der Waals surface area contributed by atoms with Crippen molar-refractivity contribution in [1.29, 1.82) is 0 Å². The molecule has 0 spiro atoms. The largest absolute Gasteiger partial charge is 0.307 e. The van der Waals surface area contributed by atoms with Gasteiger partial charge in [-0.05, 0) is 40.5 Å². The first kappa shape index (κ1) is 12.3. The van der Waals surface area contributed by atoms with E-state index in [1.54, 1.807) is 16.0 Å². The van der Waals surface area contributed by atoms with Crippen LogP contribution in [0.3, 0.4) is 0 Å². The van der Waals surface area contributed by atoms with Gasteiger partial charge in [0.2, 0.25) is 0 Å². The zero-order valence-electron chi connectivity index (χ0n) is 9.85. The third-order valence-electron chi connectivity index (χ3n) is 2.83. The van der Waals surface area contributed by atoms with Crippen LogP contribution in [0.4, 0.5) is 0 Å². The van der Waals surface area contributed by atoms with Gasteiger partial charge in [-0.2, -0.15) is 0 Å². The second-order valence-electron chi connectivity index (χ2n) is 3.91. The number of halogens is 1. The molecule has 0 aromatic carbocycles. The lowest BCUT2D eigenvalue weighted by Gasteiger charge is -2.14. The van der Waals surface area contributed by atoms with Crippen molar-refractivity contribution in [3.8, 4) is 0 Å². The first-order valence-corrected chi connectivity index (χ1v) is 7.89. The molecule has 4 nitrogen and oxygen atoms in total. The predicted molar refractivity (Wildman–Crippen MR) is 79.3 cm³/mol. The fourth-order valence-electron chi connectivity index (χ4n) is 1.99. The van der Waals surface area contributed by atoms with Crippen LogP contribution in [0.1, 0.15) is 16.6 Å². The maximum atomic E-state index is 4.05. The molecule has 1 N–H and O–H groups in total. The van der Waals surface area contributed by atoms with Crippen LogP contribution in [-0.2, 0) is 7.05 Å². The summed E-state index contributed by atoms with van der Waals surface area (Å²) in [5.41, 5.74) is 1.05. The number of nitrogens with one attached hydrogen (secondary N) is 1. The van der Waals surface area contributed by atoms with Gasteiger partial charge < -0.3 is 5.32 Å². The van der Waals surface area contributed by atoms with Gasteiger partial charge in [0.1, 0.15) is 0 Å². The number of hydrogen-bond acceptors (Lipinski definition) is 5. The van der Waals surface area contributed by atoms with E-state index in [2.05, 4.69) is 49.1 Å². The summed E-state index contributed by atoms with van der Waals surface area (Å²) in [4.78, 5) is 1.28. The minimum atomic E-state index is 0.115. The monoisotopic (exact) mass is 342 g/mol.